The Balaban J connectivity index is 0.000000720. The summed E-state index contributed by atoms with van der Waals surface area (Å²) >= 11 is 0. The molecule has 0 N–H and O–H groups in total. The van der Waals surface area contributed by atoms with Crippen LogP contribution in [0.25, 0.3) is 0 Å². The molecule has 0 saturated carbocycles. The minimum Gasteiger partial charge on any atom is -0.833 e. The summed E-state index contributed by atoms with van der Waals surface area (Å²) in [5.74, 6) is 0. The molecule has 0 radical (unpaired) electrons. The van der Waals surface area contributed by atoms with Gasteiger partial charge in [-0.05, 0) is 0 Å². The maximum absolute atomic E-state index is 10.5. The Morgan fingerprint density at radius 2 is 0.923 bits per heavy atom. The van der Waals surface area contributed by atoms with Crippen LogP contribution in [0.5, 0.6) is 0 Å². The molecule has 0 amide bonds. The van der Waals surface area contributed by atoms with Crippen LogP contribution in [0.2, 0.25) is 0 Å². The predicted octanol–water partition coefficient (Wildman–Crippen LogP) is -4.25. The molecule has 76 valence electrons. The van der Waals surface area contributed by atoms with Crippen LogP contribution >= 0.6 is 0 Å². The second kappa shape index (κ2) is 6.13. The molecule has 0 aromatic heterocycles. The number of fused-ring (bicyclic) bond motifs is 2. The minimum absolute atomic E-state index is 0. The van der Waals surface area contributed by atoms with E-state index in [1.807, 2.05) is 0 Å². The molecule has 2 saturated heterocycles. The van der Waals surface area contributed by atoms with Gasteiger partial charge in [0.15, 0.2) is 0 Å². The minimum atomic E-state index is -1.73. The third-order valence-electron chi connectivity index (χ3n) is 1.11. The fraction of sp³-hybridized carbons (Fsp3) is 0. The summed E-state index contributed by atoms with van der Waals surface area (Å²) in [7, 11) is -6.00. The van der Waals surface area contributed by atoms with Crippen LogP contribution in [0.4, 0.5) is 0 Å². The van der Waals surface area contributed by atoms with Crippen molar-refractivity contribution >= 4 is 29.3 Å². The first-order valence-corrected chi connectivity index (χ1v) is 2.83. The van der Waals surface area contributed by atoms with Crippen molar-refractivity contribution in [2.45, 2.75) is 0 Å². The zero-order valence-corrected chi connectivity index (χ0v) is 8.73. The third kappa shape index (κ3) is 3.84. The van der Waals surface area contributed by atoms with Crippen molar-refractivity contribution in [1.82, 2.24) is 0 Å². The molecule has 2 fully saturated rings. The van der Waals surface area contributed by atoms with Crippen LogP contribution in [0.1, 0.15) is 0 Å². The Kier molecular flexibility index (Phi) is 6.82. The van der Waals surface area contributed by atoms with Crippen LogP contribution < -0.4 is 10.0 Å². The summed E-state index contributed by atoms with van der Waals surface area (Å²) in [6.45, 7) is 0. The van der Waals surface area contributed by atoms with E-state index in [1.165, 1.54) is 0 Å². The van der Waals surface area contributed by atoms with E-state index < -0.39 is 29.3 Å². The van der Waals surface area contributed by atoms with Gasteiger partial charge < -0.3 is 32.9 Å². The topological polar surface area (TPSA) is 92.3 Å². The smallest absolute Gasteiger partial charge is 0.833 e. The van der Waals surface area contributed by atoms with Gasteiger partial charge in [0.1, 0.15) is 0 Å². The van der Waals surface area contributed by atoms with Crippen molar-refractivity contribution in [3.05, 3.63) is 0 Å². The molecular weight excluding hydrogens is 371 g/mol. The van der Waals surface area contributed by atoms with Gasteiger partial charge in [0.25, 0.3) is 0 Å². The van der Waals surface area contributed by atoms with Crippen molar-refractivity contribution in [2.24, 2.45) is 0 Å². The molecule has 0 aromatic rings. The van der Waals surface area contributed by atoms with E-state index >= 15 is 0 Å². The average molecular weight is 371 g/mol. The Labute approximate surface area is 106 Å². The van der Waals surface area contributed by atoms with Gasteiger partial charge in [0.2, 0.25) is 0 Å². The fourth-order valence-electron chi connectivity index (χ4n) is 0.710. The second-order valence-electron chi connectivity index (χ2n) is 1.84. The summed E-state index contributed by atoms with van der Waals surface area (Å²) in [5, 5.41) is 21.0. The van der Waals surface area contributed by atoms with Crippen LogP contribution in [0.3, 0.4) is 0 Å². The van der Waals surface area contributed by atoms with E-state index in [2.05, 4.69) is 22.9 Å². The zero-order chi connectivity index (χ0) is 7.84. The SMILES string of the molecule is [Ag+].[Ag+].[O-]B1OB2OB([O-])OB(O1)O2. The van der Waals surface area contributed by atoms with Crippen molar-refractivity contribution in [3.8, 4) is 0 Å². The Morgan fingerprint density at radius 1 is 0.615 bits per heavy atom. The summed E-state index contributed by atoms with van der Waals surface area (Å²) in [6, 6.07) is 0. The van der Waals surface area contributed by atoms with Gasteiger partial charge in [-0.3, -0.25) is 0 Å². The largest absolute Gasteiger partial charge is 1.00 e. The fourth-order valence-corrected chi connectivity index (χ4v) is 0.710. The normalized spacial score (nSPS) is 20.8. The summed E-state index contributed by atoms with van der Waals surface area (Å²) in [6.07, 6.45) is 0. The van der Waals surface area contributed by atoms with Crippen molar-refractivity contribution in [3.63, 3.8) is 0 Å². The molecule has 0 aromatic carbocycles. The zero-order valence-electron chi connectivity index (χ0n) is 5.77. The predicted molar refractivity (Wildman–Crippen MR) is 28.4 cm³/mol. The summed E-state index contributed by atoms with van der Waals surface area (Å²) in [5.41, 5.74) is 0. The van der Waals surface area contributed by atoms with Crippen LogP contribution in [-0.2, 0) is 67.6 Å². The van der Waals surface area contributed by atoms with Crippen LogP contribution in [0, 0.1) is 0 Å². The number of rotatable bonds is 0. The van der Waals surface area contributed by atoms with E-state index in [4.69, 9.17) is 0 Å². The molecule has 2 bridgehead atoms. The first-order valence-electron chi connectivity index (χ1n) is 2.83. The Morgan fingerprint density at radius 3 is 1.23 bits per heavy atom. The molecular formula is Ag2B4O7. The molecule has 0 aliphatic carbocycles. The van der Waals surface area contributed by atoms with E-state index in [9.17, 15) is 10.0 Å². The monoisotopic (exact) mass is 370 g/mol. The van der Waals surface area contributed by atoms with Gasteiger partial charge in [-0.15, -0.1) is 0 Å². The molecule has 0 atom stereocenters. The quantitative estimate of drug-likeness (QED) is 0.399. The van der Waals surface area contributed by atoms with Gasteiger partial charge >= 0.3 is 74.0 Å². The third-order valence-corrected chi connectivity index (χ3v) is 1.11. The molecule has 2 heterocycles. The van der Waals surface area contributed by atoms with E-state index in [1.54, 1.807) is 0 Å². The van der Waals surface area contributed by atoms with Gasteiger partial charge in [-0.2, -0.15) is 0 Å². The van der Waals surface area contributed by atoms with Crippen molar-refractivity contribution in [2.75, 3.05) is 0 Å². The second-order valence-corrected chi connectivity index (χ2v) is 1.84. The maximum Gasteiger partial charge on any atom is 1.00 e. The maximum atomic E-state index is 10.5. The van der Waals surface area contributed by atoms with Crippen molar-refractivity contribution in [1.29, 1.82) is 0 Å². The molecule has 13 heavy (non-hydrogen) atoms. The van der Waals surface area contributed by atoms with Crippen LogP contribution in [-0.4, -0.2) is 29.3 Å². The van der Waals surface area contributed by atoms with Crippen LogP contribution in [0.15, 0.2) is 0 Å². The van der Waals surface area contributed by atoms with E-state index in [0.717, 1.165) is 0 Å². The summed E-state index contributed by atoms with van der Waals surface area (Å²) in [4.78, 5) is 0. The average Bonchev–Trinajstić information content (AvgIpc) is 1.82. The van der Waals surface area contributed by atoms with Gasteiger partial charge in [-0.1, -0.05) is 0 Å². The molecule has 0 unspecified atom stereocenters. The first-order chi connectivity index (χ1) is 5.24. The molecule has 7 nitrogen and oxygen atoms in total. The van der Waals surface area contributed by atoms with E-state index in [0.29, 0.717) is 0 Å². The standard InChI is InChI=1S/2Ag.B4O7/c;;5-1-7-3-9-2(6)10-4(8-1)11-3/q2*+1;-2. The first kappa shape index (κ1) is 14.5. The van der Waals surface area contributed by atoms with E-state index in [-0.39, 0.29) is 44.8 Å². The Bertz CT molecular complexity index is 124. The van der Waals surface area contributed by atoms with Crippen molar-refractivity contribution < 1.29 is 77.7 Å². The number of hydrogen-bond acceptors (Lipinski definition) is 7. The van der Waals surface area contributed by atoms with Gasteiger partial charge in [0.05, 0.1) is 0 Å². The molecule has 2 aliphatic rings. The van der Waals surface area contributed by atoms with Gasteiger partial charge in [-0.25, -0.2) is 0 Å². The molecule has 2 aliphatic heterocycles. The number of hydrogen-bond donors (Lipinski definition) is 0. The van der Waals surface area contributed by atoms with Gasteiger partial charge in [0, 0.05) is 0 Å². The Hall–Kier alpha value is 1.46. The molecule has 2 rings (SSSR count). The molecule has 13 heteroatoms. The molecule has 0 spiro atoms. The summed E-state index contributed by atoms with van der Waals surface area (Å²) < 4.78 is 21.9.